The van der Waals surface area contributed by atoms with Gasteiger partial charge in [0.1, 0.15) is 5.82 Å². The van der Waals surface area contributed by atoms with Crippen LogP contribution in [0.2, 0.25) is 5.02 Å². The number of imidazole rings is 1. The van der Waals surface area contributed by atoms with Crippen LogP contribution in [0.5, 0.6) is 0 Å². The molecule has 0 aliphatic rings. The second kappa shape index (κ2) is 5.08. The van der Waals surface area contributed by atoms with Crippen LogP contribution in [-0.4, -0.2) is 9.55 Å². The summed E-state index contributed by atoms with van der Waals surface area (Å²) in [6.07, 6.45) is 0. The van der Waals surface area contributed by atoms with Gasteiger partial charge in [-0.2, -0.15) is 0 Å². The van der Waals surface area contributed by atoms with Crippen LogP contribution in [0.1, 0.15) is 25.5 Å². The predicted octanol–water partition coefficient (Wildman–Crippen LogP) is 4.83. The summed E-state index contributed by atoms with van der Waals surface area (Å²) >= 11 is 6.39. The maximum absolute atomic E-state index is 6.39. The molecule has 0 aliphatic carbocycles. The SMILES string of the molecule is Cc1cccc(-c2nc3cccc(Cl)c3n2C(C)C)c1N. The molecule has 3 aromatic rings. The van der Waals surface area contributed by atoms with E-state index in [-0.39, 0.29) is 6.04 Å². The van der Waals surface area contributed by atoms with Gasteiger partial charge in [0, 0.05) is 17.3 Å². The van der Waals surface area contributed by atoms with Crippen molar-refractivity contribution in [2.45, 2.75) is 26.8 Å². The van der Waals surface area contributed by atoms with E-state index in [0.29, 0.717) is 5.02 Å². The molecule has 0 fully saturated rings. The van der Waals surface area contributed by atoms with Crippen molar-refractivity contribution in [1.29, 1.82) is 0 Å². The zero-order valence-corrected chi connectivity index (χ0v) is 13.1. The van der Waals surface area contributed by atoms with Crippen LogP contribution in [0.3, 0.4) is 0 Å². The van der Waals surface area contributed by atoms with Gasteiger partial charge in [0.2, 0.25) is 0 Å². The van der Waals surface area contributed by atoms with Gasteiger partial charge >= 0.3 is 0 Å². The maximum atomic E-state index is 6.39. The molecule has 0 aliphatic heterocycles. The summed E-state index contributed by atoms with van der Waals surface area (Å²) in [6, 6.07) is 12.1. The van der Waals surface area contributed by atoms with E-state index in [2.05, 4.69) is 18.4 Å². The van der Waals surface area contributed by atoms with Crippen molar-refractivity contribution in [3.8, 4) is 11.4 Å². The van der Waals surface area contributed by atoms with E-state index in [4.69, 9.17) is 22.3 Å². The fourth-order valence-corrected chi connectivity index (χ4v) is 2.94. The highest BCUT2D eigenvalue weighted by molar-refractivity contribution is 6.35. The molecule has 0 radical (unpaired) electrons. The first-order chi connectivity index (χ1) is 10.0. The lowest BCUT2D eigenvalue weighted by Gasteiger charge is -2.15. The molecule has 0 unspecified atom stereocenters. The van der Waals surface area contributed by atoms with Crippen molar-refractivity contribution < 1.29 is 0 Å². The molecule has 3 nitrogen and oxygen atoms in total. The molecule has 1 heterocycles. The number of hydrogen-bond donors (Lipinski definition) is 1. The molecule has 2 aromatic carbocycles. The van der Waals surface area contributed by atoms with Gasteiger partial charge in [-0.25, -0.2) is 4.98 Å². The Morgan fingerprint density at radius 1 is 1.14 bits per heavy atom. The monoisotopic (exact) mass is 299 g/mol. The van der Waals surface area contributed by atoms with Gasteiger partial charge < -0.3 is 10.3 Å². The molecule has 2 N–H and O–H groups in total. The molecule has 3 rings (SSSR count). The van der Waals surface area contributed by atoms with E-state index in [1.807, 2.05) is 43.3 Å². The van der Waals surface area contributed by atoms with Gasteiger partial charge in [0.25, 0.3) is 0 Å². The van der Waals surface area contributed by atoms with Crippen LogP contribution in [0.15, 0.2) is 36.4 Å². The number of aromatic nitrogens is 2. The number of anilines is 1. The van der Waals surface area contributed by atoms with Crippen LogP contribution in [0, 0.1) is 6.92 Å². The van der Waals surface area contributed by atoms with Crippen LogP contribution < -0.4 is 5.73 Å². The predicted molar refractivity (Wildman–Crippen MR) is 89.7 cm³/mol. The lowest BCUT2D eigenvalue weighted by molar-refractivity contribution is 0.624. The Balaban J connectivity index is 2.40. The molecule has 0 saturated heterocycles. The molecule has 4 heteroatoms. The number of hydrogen-bond acceptors (Lipinski definition) is 2. The Morgan fingerprint density at radius 2 is 1.86 bits per heavy atom. The second-order valence-corrected chi connectivity index (χ2v) is 5.95. The average Bonchev–Trinajstić information content (AvgIpc) is 2.82. The van der Waals surface area contributed by atoms with Gasteiger partial charge in [-0.15, -0.1) is 0 Å². The lowest BCUT2D eigenvalue weighted by atomic mass is 10.1. The first-order valence-corrected chi connectivity index (χ1v) is 7.40. The van der Waals surface area contributed by atoms with Crippen molar-refractivity contribution >= 4 is 28.3 Å². The summed E-state index contributed by atoms with van der Waals surface area (Å²) in [6.45, 7) is 6.26. The molecule has 0 atom stereocenters. The summed E-state index contributed by atoms with van der Waals surface area (Å²) in [5, 5.41) is 0.714. The van der Waals surface area contributed by atoms with Gasteiger partial charge in [-0.3, -0.25) is 0 Å². The lowest BCUT2D eigenvalue weighted by Crippen LogP contribution is -2.05. The summed E-state index contributed by atoms with van der Waals surface area (Å²) in [5.41, 5.74) is 10.9. The quantitative estimate of drug-likeness (QED) is 0.689. The highest BCUT2D eigenvalue weighted by Crippen LogP contribution is 2.35. The van der Waals surface area contributed by atoms with Gasteiger partial charge in [0.15, 0.2) is 0 Å². The van der Waals surface area contributed by atoms with Crippen molar-refractivity contribution in [2.24, 2.45) is 0 Å². The minimum absolute atomic E-state index is 0.241. The van der Waals surface area contributed by atoms with E-state index < -0.39 is 0 Å². The van der Waals surface area contributed by atoms with E-state index in [0.717, 1.165) is 33.7 Å². The van der Waals surface area contributed by atoms with E-state index in [1.54, 1.807) is 0 Å². The number of para-hydroxylation sites is 2. The van der Waals surface area contributed by atoms with E-state index >= 15 is 0 Å². The number of aryl methyl sites for hydroxylation is 1. The molecule has 108 valence electrons. The third kappa shape index (κ3) is 2.18. The first kappa shape index (κ1) is 14.0. The smallest absolute Gasteiger partial charge is 0.143 e. The van der Waals surface area contributed by atoms with Crippen molar-refractivity contribution in [1.82, 2.24) is 9.55 Å². The molecule has 0 saturated carbocycles. The van der Waals surface area contributed by atoms with Crippen LogP contribution in [-0.2, 0) is 0 Å². The summed E-state index contributed by atoms with van der Waals surface area (Å²) < 4.78 is 2.16. The zero-order chi connectivity index (χ0) is 15.1. The maximum Gasteiger partial charge on any atom is 0.143 e. The summed E-state index contributed by atoms with van der Waals surface area (Å²) in [4.78, 5) is 4.77. The second-order valence-electron chi connectivity index (χ2n) is 5.54. The zero-order valence-electron chi connectivity index (χ0n) is 12.4. The topological polar surface area (TPSA) is 43.8 Å². The molecular weight excluding hydrogens is 282 g/mol. The Hall–Kier alpha value is -2.00. The molecular formula is C17H18ClN3. The van der Waals surface area contributed by atoms with Crippen molar-refractivity contribution in [3.05, 3.63) is 47.0 Å². The Kier molecular flexibility index (Phi) is 3.38. The van der Waals surface area contributed by atoms with E-state index in [9.17, 15) is 0 Å². The molecule has 1 aromatic heterocycles. The number of halogens is 1. The van der Waals surface area contributed by atoms with Gasteiger partial charge in [-0.1, -0.05) is 29.8 Å². The highest BCUT2D eigenvalue weighted by Gasteiger charge is 2.18. The van der Waals surface area contributed by atoms with Gasteiger partial charge in [0.05, 0.1) is 16.1 Å². The highest BCUT2D eigenvalue weighted by atomic mass is 35.5. The largest absolute Gasteiger partial charge is 0.398 e. The van der Waals surface area contributed by atoms with Crippen LogP contribution in [0.25, 0.3) is 22.4 Å². The number of nitrogens with two attached hydrogens (primary N) is 1. The number of nitrogen functional groups attached to an aromatic ring is 1. The summed E-state index contributed by atoms with van der Waals surface area (Å²) in [5.74, 6) is 0.870. The number of nitrogens with zero attached hydrogens (tertiary/aromatic N) is 2. The third-order valence-electron chi connectivity index (χ3n) is 3.74. The van der Waals surface area contributed by atoms with E-state index in [1.165, 1.54) is 0 Å². The minimum Gasteiger partial charge on any atom is -0.398 e. The van der Waals surface area contributed by atoms with Crippen molar-refractivity contribution in [2.75, 3.05) is 5.73 Å². The van der Waals surface area contributed by atoms with Gasteiger partial charge in [-0.05, 0) is 44.5 Å². The Bertz CT molecular complexity index is 818. The normalized spacial score (nSPS) is 11.5. The first-order valence-electron chi connectivity index (χ1n) is 7.02. The van der Waals surface area contributed by atoms with Crippen LogP contribution in [0.4, 0.5) is 5.69 Å². The molecule has 0 spiro atoms. The minimum atomic E-state index is 0.241. The van der Waals surface area contributed by atoms with Crippen LogP contribution >= 0.6 is 11.6 Å². The van der Waals surface area contributed by atoms with Crippen molar-refractivity contribution in [3.63, 3.8) is 0 Å². The number of benzene rings is 2. The standard InChI is InChI=1S/C17H18ClN3/c1-10(2)21-16-13(18)8-5-9-14(16)20-17(21)12-7-4-6-11(3)15(12)19/h4-10H,19H2,1-3H3. The Labute approximate surface area is 129 Å². The summed E-state index contributed by atoms with van der Waals surface area (Å²) in [7, 11) is 0. The number of fused-ring (bicyclic) bond motifs is 1. The fraction of sp³-hybridized carbons (Fsp3) is 0.235. The number of rotatable bonds is 2. The molecule has 21 heavy (non-hydrogen) atoms. The molecule has 0 amide bonds. The Morgan fingerprint density at radius 3 is 2.57 bits per heavy atom. The third-order valence-corrected chi connectivity index (χ3v) is 4.05. The average molecular weight is 300 g/mol. The fourth-order valence-electron chi connectivity index (χ4n) is 2.67. The molecule has 0 bridgehead atoms.